The van der Waals surface area contributed by atoms with E-state index >= 15 is 0 Å². The van der Waals surface area contributed by atoms with Crippen LogP contribution in [0.3, 0.4) is 0 Å². The number of H-pyrrole nitrogens is 1. The van der Waals surface area contributed by atoms with E-state index in [1.807, 2.05) is 54.1 Å². The van der Waals surface area contributed by atoms with Crippen molar-refractivity contribution < 1.29 is 4.74 Å². The van der Waals surface area contributed by atoms with Gasteiger partial charge in [0.25, 0.3) is 5.56 Å². The van der Waals surface area contributed by atoms with Crippen LogP contribution in [-0.2, 0) is 30.9 Å². The van der Waals surface area contributed by atoms with Gasteiger partial charge in [-0.1, -0.05) is 41.4 Å². The van der Waals surface area contributed by atoms with Crippen molar-refractivity contribution in [1.82, 2.24) is 30.1 Å². The molecule has 0 saturated carbocycles. The van der Waals surface area contributed by atoms with Crippen molar-refractivity contribution in [3.05, 3.63) is 86.4 Å². The number of nitrogens with zero attached hydrogens (tertiary/aromatic N) is 5. The van der Waals surface area contributed by atoms with Gasteiger partial charge in [0, 0.05) is 35.8 Å². The number of aromatic amines is 1. The number of ether oxygens (including phenoxy) is 1. The number of fused-ring (bicyclic) bond motifs is 1. The Bertz CT molecular complexity index is 1340. The van der Waals surface area contributed by atoms with Gasteiger partial charge in [0.2, 0.25) is 0 Å². The second-order valence-electron chi connectivity index (χ2n) is 8.86. The summed E-state index contributed by atoms with van der Waals surface area (Å²) in [7, 11) is 0. The summed E-state index contributed by atoms with van der Waals surface area (Å²) < 4.78 is 7.58. The lowest BCUT2D eigenvalue weighted by Crippen LogP contribution is -2.29. The van der Waals surface area contributed by atoms with Crippen LogP contribution in [0.15, 0.2) is 53.3 Å². The Morgan fingerprint density at radius 3 is 2.82 bits per heavy atom. The van der Waals surface area contributed by atoms with Crippen molar-refractivity contribution in [3.63, 3.8) is 0 Å². The van der Waals surface area contributed by atoms with E-state index in [9.17, 15) is 4.79 Å². The number of benzene rings is 2. The molecule has 0 amide bonds. The van der Waals surface area contributed by atoms with Gasteiger partial charge in [0.15, 0.2) is 5.82 Å². The molecule has 8 nitrogen and oxygen atoms in total. The van der Waals surface area contributed by atoms with Crippen LogP contribution in [0.5, 0.6) is 0 Å². The Morgan fingerprint density at radius 1 is 1.15 bits per heavy atom. The minimum absolute atomic E-state index is 0.0977. The number of aromatic nitrogens is 5. The molecule has 2 aromatic carbocycles. The minimum Gasteiger partial charge on any atom is -0.376 e. The third-order valence-electron chi connectivity index (χ3n) is 6.19. The molecule has 1 fully saturated rings. The van der Waals surface area contributed by atoms with Crippen molar-refractivity contribution in [3.8, 4) is 0 Å². The van der Waals surface area contributed by atoms with Crippen molar-refractivity contribution >= 4 is 22.5 Å². The summed E-state index contributed by atoms with van der Waals surface area (Å²) in [5.41, 5.74) is 3.54. The molecule has 176 valence electrons. The Kier molecular flexibility index (Phi) is 6.71. The summed E-state index contributed by atoms with van der Waals surface area (Å²) in [6.07, 6.45) is 2.20. The fraction of sp³-hybridized carbons (Fsp3) is 0.360. The standard InChI is InChI=1S/C25H27ClN6O2/c1-17-8-9-23-19(11-17)12-20(25(33)27-23)14-31(13-18-5-2-3-7-22(18)26)16-24-28-29-30-32(24)15-21-6-4-10-34-21/h2-3,5,7-9,11-12,21H,4,6,10,13-16H2,1H3,(H,27,33). The average molecular weight is 479 g/mol. The lowest BCUT2D eigenvalue weighted by atomic mass is 10.1. The number of rotatable bonds is 8. The van der Waals surface area contributed by atoms with E-state index in [0.717, 1.165) is 47.3 Å². The first-order valence-corrected chi connectivity index (χ1v) is 11.9. The first-order valence-electron chi connectivity index (χ1n) is 11.5. The Balaban J connectivity index is 1.44. The molecule has 34 heavy (non-hydrogen) atoms. The molecular weight excluding hydrogens is 452 g/mol. The van der Waals surface area contributed by atoms with Gasteiger partial charge < -0.3 is 9.72 Å². The van der Waals surface area contributed by atoms with E-state index in [1.54, 1.807) is 0 Å². The van der Waals surface area contributed by atoms with E-state index in [0.29, 0.717) is 36.8 Å². The van der Waals surface area contributed by atoms with Crippen molar-refractivity contribution in [2.75, 3.05) is 6.61 Å². The summed E-state index contributed by atoms with van der Waals surface area (Å²) >= 11 is 6.47. The van der Waals surface area contributed by atoms with Crippen LogP contribution in [0.4, 0.5) is 0 Å². The predicted octanol–water partition coefficient (Wildman–Crippen LogP) is 3.86. The van der Waals surface area contributed by atoms with Gasteiger partial charge in [-0.25, -0.2) is 4.68 Å². The highest BCUT2D eigenvalue weighted by Crippen LogP contribution is 2.21. The normalized spacial score (nSPS) is 16.0. The minimum atomic E-state index is -0.0977. The zero-order valence-corrected chi connectivity index (χ0v) is 19.8. The average Bonchev–Trinajstić information content (AvgIpc) is 3.49. The van der Waals surface area contributed by atoms with Crippen LogP contribution < -0.4 is 5.56 Å². The molecule has 0 bridgehead atoms. The molecule has 5 rings (SSSR count). The fourth-order valence-electron chi connectivity index (χ4n) is 4.42. The zero-order valence-electron chi connectivity index (χ0n) is 19.1. The first kappa shape index (κ1) is 22.7. The van der Waals surface area contributed by atoms with Crippen LogP contribution in [0.2, 0.25) is 5.02 Å². The second-order valence-corrected chi connectivity index (χ2v) is 9.27. The van der Waals surface area contributed by atoms with Crippen LogP contribution in [0, 0.1) is 6.92 Å². The number of aryl methyl sites for hydroxylation is 1. The van der Waals surface area contributed by atoms with Crippen LogP contribution in [0.1, 0.15) is 35.4 Å². The van der Waals surface area contributed by atoms with E-state index in [1.165, 1.54) is 0 Å². The molecule has 2 aromatic heterocycles. The highest BCUT2D eigenvalue weighted by molar-refractivity contribution is 6.31. The van der Waals surface area contributed by atoms with Gasteiger partial charge in [-0.3, -0.25) is 9.69 Å². The molecule has 9 heteroatoms. The molecule has 1 unspecified atom stereocenters. The summed E-state index contributed by atoms with van der Waals surface area (Å²) in [6.45, 7) is 4.90. The number of pyridine rings is 1. The molecule has 0 aliphatic carbocycles. The third-order valence-corrected chi connectivity index (χ3v) is 6.56. The predicted molar refractivity (Wildman–Crippen MR) is 130 cm³/mol. The number of tetrazole rings is 1. The Morgan fingerprint density at radius 2 is 2.00 bits per heavy atom. The molecule has 0 spiro atoms. The second kappa shape index (κ2) is 10.0. The molecule has 1 atom stereocenters. The van der Waals surface area contributed by atoms with Gasteiger partial charge in [-0.2, -0.15) is 0 Å². The van der Waals surface area contributed by atoms with Crippen LogP contribution >= 0.6 is 11.6 Å². The quantitative estimate of drug-likeness (QED) is 0.413. The van der Waals surface area contributed by atoms with Gasteiger partial charge in [0.05, 0.1) is 19.2 Å². The van der Waals surface area contributed by atoms with Crippen molar-refractivity contribution in [1.29, 1.82) is 0 Å². The molecular formula is C25H27ClN6O2. The smallest absolute Gasteiger partial charge is 0.252 e. The van der Waals surface area contributed by atoms with Gasteiger partial charge >= 0.3 is 0 Å². The molecule has 0 radical (unpaired) electrons. The maximum atomic E-state index is 12.9. The molecule has 3 heterocycles. The third kappa shape index (κ3) is 5.19. The first-order chi connectivity index (χ1) is 16.5. The van der Waals surface area contributed by atoms with Crippen LogP contribution in [-0.4, -0.2) is 42.8 Å². The molecule has 1 saturated heterocycles. The number of halogens is 1. The van der Waals surface area contributed by atoms with Crippen molar-refractivity contribution in [2.45, 2.75) is 52.0 Å². The lowest BCUT2D eigenvalue weighted by molar-refractivity contribution is 0.0914. The number of hydrogen-bond acceptors (Lipinski definition) is 6. The van der Waals surface area contributed by atoms with Crippen molar-refractivity contribution in [2.24, 2.45) is 0 Å². The summed E-state index contributed by atoms with van der Waals surface area (Å²) in [6, 6.07) is 15.7. The van der Waals surface area contributed by atoms with Gasteiger partial charge in [-0.15, -0.1) is 5.10 Å². The topological polar surface area (TPSA) is 88.9 Å². The summed E-state index contributed by atoms with van der Waals surface area (Å²) in [5.74, 6) is 0.732. The molecule has 1 aliphatic heterocycles. The zero-order chi connectivity index (χ0) is 23.5. The maximum Gasteiger partial charge on any atom is 0.252 e. The van der Waals surface area contributed by atoms with Gasteiger partial charge in [0.1, 0.15) is 0 Å². The SMILES string of the molecule is Cc1ccc2[nH]c(=O)c(CN(Cc3ccccc3Cl)Cc3nnnn3CC3CCCO3)cc2c1. The van der Waals surface area contributed by atoms with Gasteiger partial charge in [-0.05, 0) is 65.4 Å². The highest BCUT2D eigenvalue weighted by Gasteiger charge is 2.21. The van der Waals surface area contributed by atoms with E-state index in [4.69, 9.17) is 16.3 Å². The van der Waals surface area contributed by atoms with E-state index < -0.39 is 0 Å². The van der Waals surface area contributed by atoms with Crippen LogP contribution in [0.25, 0.3) is 10.9 Å². The largest absolute Gasteiger partial charge is 0.376 e. The summed E-state index contributed by atoms with van der Waals surface area (Å²) in [5, 5.41) is 14.1. The van der Waals surface area contributed by atoms with E-state index in [-0.39, 0.29) is 11.7 Å². The number of nitrogens with one attached hydrogen (secondary N) is 1. The highest BCUT2D eigenvalue weighted by atomic mass is 35.5. The molecule has 4 aromatic rings. The maximum absolute atomic E-state index is 12.9. The monoisotopic (exact) mass is 478 g/mol. The Hall–Kier alpha value is -3.07. The lowest BCUT2D eigenvalue weighted by Gasteiger charge is -2.23. The Labute approximate surface area is 202 Å². The fourth-order valence-corrected chi connectivity index (χ4v) is 4.62. The summed E-state index contributed by atoms with van der Waals surface area (Å²) in [4.78, 5) is 18.1. The van der Waals surface area contributed by atoms with E-state index in [2.05, 4.69) is 31.5 Å². The molecule has 1 N–H and O–H groups in total. The molecule has 1 aliphatic rings. The number of hydrogen-bond donors (Lipinski definition) is 1.